The van der Waals surface area contributed by atoms with Crippen molar-refractivity contribution in [2.45, 2.75) is 6.18 Å². The summed E-state index contributed by atoms with van der Waals surface area (Å²) in [7, 11) is 0. The summed E-state index contributed by atoms with van der Waals surface area (Å²) in [6, 6.07) is 4.73. The fourth-order valence-electron chi connectivity index (χ4n) is 1.17. The minimum absolute atomic E-state index is 0.177. The number of alkyl halides is 3. The van der Waals surface area contributed by atoms with Crippen LogP contribution in [-0.2, 0) is 10.9 Å². The van der Waals surface area contributed by atoms with Crippen molar-refractivity contribution in [3.8, 4) is 5.75 Å². The zero-order valence-electron chi connectivity index (χ0n) is 9.17. The first-order valence-electron chi connectivity index (χ1n) is 5.12. The van der Waals surface area contributed by atoms with E-state index in [1.54, 1.807) is 0 Å². The number of hydrogen-bond acceptors (Lipinski definition) is 3. The van der Waals surface area contributed by atoms with Crippen LogP contribution in [0, 0.1) is 0 Å². The highest BCUT2D eigenvalue weighted by atomic mass is 19.4. The molecule has 0 bridgehead atoms. The second-order valence-electron chi connectivity index (χ2n) is 3.28. The van der Waals surface area contributed by atoms with Crippen molar-refractivity contribution in [2.24, 2.45) is 5.73 Å². The Balaban J connectivity index is 2.44. The molecule has 0 radical (unpaired) electrons. The van der Waals surface area contributed by atoms with Gasteiger partial charge in [-0.3, -0.25) is 0 Å². The third kappa shape index (κ3) is 5.06. The lowest BCUT2D eigenvalue weighted by Gasteiger charge is -2.10. The zero-order chi connectivity index (χ0) is 12.7. The van der Waals surface area contributed by atoms with E-state index in [0.29, 0.717) is 19.8 Å². The summed E-state index contributed by atoms with van der Waals surface area (Å²) in [5, 5.41) is 0. The molecule has 17 heavy (non-hydrogen) atoms. The molecule has 6 heteroatoms. The van der Waals surface area contributed by atoms with Crippen LogP contribution < -0.4 is 10.5 Å². The molecule has 0 saturated heterocycles. The van der Waals surface area contributed by atoms with Crippen molar-refractivity contribution in [3.63, 3.8) is 0 Å². The molecule has 1 aromatic carbocycles. The second kappa shape index (κ2) is 6.46. The van der Waals surface area contributed by atoms with E-state index in [9.17, 15) is 13.2 Å². The summed E-state index contributed by atoms with van der Waals surface area (Å²) in [4.78, 5) is 0. The topological polar surface area (TPSA) is 44.5 Å². The van der Waals surface area contributed by atoms with Gasteiger partial charge < -0.3 is 15.2 Å². The molecule has 0 saturated carbocycles. The fraction of sp³-hybridized carbons (Fsp3) is 0.455. The number of rotatable bonds is 6. The van der Waals surface area contributed by atoms with Crippen LogP contribution in [-0.4, -0.2) is 26.4 Å². The molecular weight excluding hydrogens is 235 g/mol. The van der Waals surface area contributed by atoms with Gasteiger partial charge in [-0.1, -0.05) is 6.07 Å². The van der Waals surface area contributed by atoms with Crippen molar-refractivity contribution in [1.29, 1.82) is 0 Å². The molecule has 1 aromatic rings. The van der Waals surface area contributed by atoms with E-state index in [0.717, 1.165) is 12.1 Å². The minimum atomic E-state index is -4.35. The average molecular weight is 249 g/mol. The molecule has 2 N–H and O–H groups in total. The predicted octanol–water partition coefficient (Wildman–Crippen LogP) is 2.06. The van der Waals surface area contributed by atoms with Gasteiger partial charge in [0.2, 0.25) is 0 Å². The Kier molecular flexibility index (Phi) is 5.24. The molecule has 0 aliphatic rings. The average Bonchev–Trinajstić information content (AvgIpc) is 2.28. The first kappa shape index (κ1) is 13.8. The lowest BCUT2D eigenvalue weighted by Crippen LogP contribution is -2.13. The van der Waals surface area contributed by atoms with E-state index in [4.69, 9.17) is 15.2 Å². The molecule has 1 rings (SSSR count). The Hall–Kier alpha value is -1.27. The Labute approximate surface area is 97.3 Å². The molecule has 0 aromatic heterocycles. The van der Waals surface area contributed by atoms with Gasteiger partial charge >= 0.3 is 6.18 Å². The van der Waals surface area contributed by atoms with Gasteiger partial charge in [0.25, 0.3) is 0 Å². The van der Waals surface area contributed by atoms with Crippen LogP contribution >= 0.6 is 0 Å². The summed E-state index contributed by atoms with van der Waals surface area (Å²) in [5.74, 6) is 0.177. The highest BCUT2D eigenvalue weighted by molar-refractivity contribution is 5.30. The summed E-state index contributed by atoms with van der Waals surface area (Å²) >= 11 is 0. The molecule has 0 amide bonds. The standard InChI is InChI=1S/C11H14F3NO2/c12-11(13,14)9-2-1-3-10(8-9)17-7-6-16-5-4-15/h1-3,8H,4-7,15H2. The Morgan fingerprint density at radius 1 is 1.12 bits per heavy atom. The van der Waals surface area contributed by atoms with Crippen molar-refractivity contribution < 1.29 is 22.6 Å². The quantitative estimate of drug-likeness (QED) is 0.785. The van der Waals surface area contributed by atoms with Crippen molar-refractivity contribution >= 4 is 0 Å². The van der Waals surface area contributed by atoms with E-state index in [2.05, 4.69) is 0 Å². The molecule has 0 spiro atoms. The first-order chi connectivity index (χ1) is 8.04. The third-order valence-corrected chi connectivity index (χ3v) is 1.92. The molecular formula is C11H14F3NO2. The SMILES string of the molecule is NCCOCCOc1cccc(C(F)(F)F)c1. The molecule has 96 valence electrons. The van der Waals surface area contributed by atoms with Gasteiger partial charge in [-0.15, -0.1) is 0 Å². The summed E-state index contributed by atoms with van der Waals surface area (Å²) in [5.41, 5.74) is 4.47. The van der Waals surface area contributed by atoms with Crippen LogP contribution in [0.15, 0.2) is 24.3 Å². The lowest BCUT2D eigenvalue weighted by molar-refractivity contribution is -0.137. The molecule has 0 heterocycles. The molecule has 0 atom stereocenters. The van der Waals surface area contributed by atoms with Crippen molar-refractivity contribution in [2.75, 3.05) is 26.4 Å². The number of ether oxygens (including phenoxy) is 2. The van der Waals surface area contributed by atoms with Gasteiger partial charge in [-0.05, 0) is 18.2 Å². The molecule has 0 fully saturated rings. The smallest absolute Gasteiger partial charge is 0.416 e. The van der Waals surface area contributed by atoms with Gasteiger partial charge in [0.15, 0.2) is 0 Å². The molecule has 0 unspecified atom stereocenters. The van der Waals surface area contributed by atoms with Gasteiger partial charge in [0.1, 0.15) is 12.4 Å². The van der Waals surface area contributed by atoms with E-state index in [-0.39, 0.29) is 12.4 Å². The van der Waals surface area contributed by atoms with Crippen molar-refractivity contribution in [3.05, 3.63) is 29.8 Å². The van der Waals surface area contributed by atoms with E-state index in [1.807, 2.05) is 0 Å². The number of hydrogen-bond donors (Lipinski definition) is 1. The normalized spacial score (nSPS) is 11.5. The first-order valence-corrected chi connectivity index (χ1v) is 5.12. The van der Waals surface area contributed by atoms with Gasteiger partial charge in [-0.2, -0.15) is 13.2 Å². The molecule has 0 aliphatic heterocycles. The van der Waals surface area contributed by atoms with Gasteiger partial charge in [-0.25, -0.2) is 0 Å². The predicted molar refractivity (Wildman–Crippen MR) is 56.8 cm³/mol. The number of nitrogens with two attached hydrogens (primary N) is 1. The van der Waals surface area contributed by atoms with Gasteiger partial charge in [0.05, 0.1) is 18.8 Å². The van der Waals surface area contributed by atoms with E-state index < -0.39 is 11.7 Å². The second-order valence-corrected chi connectivity index (χ2v) is 3.28. The largest absolute Gasteiger partial charge is 0.491 e. The monoisotopic (exact) mass is 249 g/mol. The number of benzene rings is 1. The molecule has 3 nitrogen and oxygen atoms in total. The van der Waals surface area contributed by atoms with Crippen molar-refractivity contribution in [1.82, 2.24) is 0 Å². The lowest BCUT2D eigenvalue weighted by atomic mass is 10.2. The highest BCUT2D eigenvalue weighted by Crippen LogP contribution is 2.31. The van der Waals surface area contributed by atoms with Crippen LogP contribution in [0.3, 0.4) is 0 Å². The van der Waals surface area contributed by atoms with Crippen LogP contribution in [0.5, 0.6) is 5.75 Å². The Morgan fingerprint density at radius 3 is 2.53 bits per heavy atom. The zero-order valence-corrected chi connectivity index (χ0v) is 9.17. The van der Waals surface area contributed by atoms with Gasteiger partial charge in [0, 0.05) is 6.54 Å². The third-order valence-electron chi connectivity index (χ3n) is 1.92. The highest BCUT2D eigenvalue weighted by Gasteiger charge is 2.30. The minimum Gasteiger partial charge on any atom is -0.491 e. The summed E-state index contributed by atoms with van der Waals surface area (Å²) in [6.07, 6.45) is -4.35. The van der Waals surface area contributed by atoms with Crippen LogP contribution in [0.25, 0.3) is 0 Å². The maximum absolute atomic E-state index is 12.4. The van der Waals surface area contributed by atoms with E-state index >= 15 is 0 Å². The maximum atomic E-state index is 12.4. The summed E-state index contributed by atoms with van der Waals surface area (Å²) < 4.78 is 47.2. The van der Waals surface area contributed by atoms with Crippen LogP contribution in [0.1, 0.15) is 5.56 Å². The van der Waals surface area contributed by atoms with Crippen LogP contribution in [0.4, 0.5) is 13.2 Å². The van der Waals surface area contributed by atoms with Crippen LogP contribution in [0.2, 0.25) is 0 Å². The maximum Gasteiger partial charge on any atom is 0.416 e. The Morgan fingerprint density at radius 2 is 1.88 bits per heavy atom. The fourth-order valence-corrected chi connectivity index (χ4v) is 1.17. The Bertz CT molecular complexity index is 342. The molecule has 0 aliphatic carbocycles. The number of halogens is 3. The summed E-state index contributed by atoms with van der Waals surface area (Å²) in [6.45, 7) is 1.31. The van der Waals surface area contributed by atoms with E-state index in [1.165, 1.54) is 12.1 Å².